The molecule has 0 heterocycles. The van der Waals surface area contributed by atoms with Gasteiger partial charge in [0.2, 0.25) is 0 Å². The maximum absolute atomic E-state index is 3.60. The minimum atomic E-state index is 0.738. The third kappa shape index (κ3) is 5.73. The number of nitrogens with zero attached hydrogens (tertiary/aromatic N) is 1. The highest BCUT2D eigenvalue weighted by Gasteiger charge is 2.26. The quantitative estimate of drug-likeness (QED) is 0.668. The Morgan fingerprint density at radius 3 is 2.25 bits per heavy atom. The molecule has 1 saturated carbocycles. The summed E-state index contributed by atoms with van der Waals surface area (Å²) in [5.41, 5.74) is 0. The fourth-order valence-corrected chi connectivity index (χ4v) is 3.93. The standard InChI is InChI=1S/C18H38N2/c1-6-17(7-2)20(13-15(3)4)14-16-11-9-8-10-12-18(16)19-5/h15-19H,6-14H2,1-5H3. The van der Waals surface area contributed by atoms with Crippen molar-refractivity contribution in [2.75, 3.05) is 20.1 Å². The van der Waals surface area contributed by atoms with E-state index < -0.39 is 0 Å². The van der Waals surface area contributed by atoms with E-state index in [-0.39, 0.29) is 0 Å². The molecule has 2 unspecified atom stereocenters. The van der Waals surface area contributed by atoms with Crippen LogP contribution < -0.4 is 5.32 Å². The van der Waals surface area contributed by atoms with Crippen LogP contribution in [0.5, 0.6) is 0 Å². The predicted octanol–water partition coefficient (Wildman–Crippen LogP) is 4.30. The van der Waals surface area contributed by atoms with Crippen LogP contribution in [0.15, 0.2) is 0 Å². The van der Waals surface area contributed by atoms with Gasteiger partial charge in [0.25, 0.3) is 0 Å². The molecule has 2 atom stereocenters. The Morgan fingerprint density at radius 2 is 1.70 bits per heavy atom. The largest absolute Gasteiger partial charge is 0.317 e. The molecule has 0 aromatic rings. The molecule has 1 rings (SSSR count). The summed E-state index contributed by atoms with van der Waals surface area (Å²) in [5.74, 6) is 1.62. The Balaban J connectivity index is 2.69. The van der Waals surface area contributed by atoms with Crippen molar-refractivity contribution in [3.8, 4) is 0 Å². The molecule has 2 nitrogen and oxygen atoms in total. The van der Waals surface area contributed by atoms with Gasteiger partial charge in [-0.25, -0.2) is 0 Å². The summed E-state index contributed by atoms with van der Waals surface area (Å²) < 4.78 is 0. The third-order valence-electron chi connectivity index (χ3n) is 5.06. The van der Waals surface area contributed by atoms with Crippen molar-refractivity contribution in [3.63, 3.8) is 0 Å². The first-order valence-electron chi connectivity index (χ1n) is 9.03. The zero-order chi connectivity index (χ0) is 15.0. The highest BCUT2D eigenvalue weighted by atomic mass is 15.2. The van der Waals surface area contributed by atoms with Crippen molar-refractivity contribution in [3.05, 3.63) is 0 Å². The highest BCUT2D eigenvalue weighted by Crippen LogP contribution is 2.26. The number of hydrogen-bond acceptors (Lipinski definition) is 2. The summed E-state index contributed by atoms with van der Waals surface area (Å²) in [6.45, 7) is 12.0. The molecule has 0 amide bonds. The molecule has 20 heavy (non-hydrogen) atoms. The fraction of sp³-hybridized carbons (Fsp3) is 1.00. The van der Waals surface area contributed by atoms with Crippen LogP contribution in [0.3, 0.4) is 0 Å². The molecule has 0 radical (unpaired) electrons. The van der Waals surface area contributed by atoms with Gasteiger partial charge in [0.1, 0.15) is 0 Å². The molecule has 0 spiro atoms. The average molecular weight is 283 g/mol. The van der Waals surface area contributed by atoms with E-state index in [0.717, 1.165) is 23.9 Å². The molecule has 1 aliphatic rings. The van der Waals surface area contributed by atoms with Gasteiger partial charge in [-0.3, -0.25) is 4.90 Å². The lowest BCUT2D eigenvalue weighted by atomic mass is 9.92. The molecular formula is C18H38N2. The van der Waals surface area contributed by atoms with E-state index in [1.807, 2.05) is 0 Å². The van der Waals surface area contributed by atoms with Crippen LogP contribution in [-0.2, 0) is 0 Å². The molecule has 0 aromatic carbocycles. The molecule has 0 bridgehead atoms. The molecule has 0 aromatic heterocycles. The summed E-state index contributed by atoms with van der Waals surface area (Å²) in [4.78, 5) is 2.80. The van der Waals surface area contributed by atoms with Crippen molar-refractivity contribution < 1.29 is 0 Å². The molecule has 1 aliphatic carbocycles. The first kappa shape index (κ1) is 18.0. The van der Waals surface area contributed by atoms with Gasteiger partial charge in [0.15, 0.2) is 0 Å². The Bertz CT molecular complexity index is 236. The van der Waals surface area contributed by atoms with Crippen LogP contribution in [0.25, 0.3) is 0 Å². The van der Waals surface area contributed by atoms with E-state index in [4.69, 9.17) is 0 Å². The SMILES string of the molecule is CCC(CC)N(CC(C)C)CC1CCCCCC1NC. The Hall–Kier alpha value is -0.0800. The third-order valence-corrected chi connectivity index (χ3v) is 5.06. The second-order valence-corrected chi connectivity index (χ2v) is 7.11. The molecule has 0 aliphatic heterocycles. The van der Waals surface area contributed by atoms with Crippen LogP contribution in [0.1, 0.15) is 72.6 Å². The van der Waals surface area contributed by atoms with Crippen LogP contribution >= 0.6 is 0 Å². The van der Waals surface area contributed by atoms with Crippen molar-refractivity contribution in [1.29, 1.82) is 0 Å². The van der Waals surface area contributed by atoms with E-state index >= 15 is 0 Å². The Morgan fingerprint density at radius 1 is 1.05 bits per heavy atom. The molecular weight excluding hydrogens is 244 g/mol. The number of rotatable bonds is 8. The second kappa shape index (κ2) is 9.78. The highest BCUT2D eigenvalue weighted by molar-refractivity contribution is 4.83. The van der Waals surface area contributed by atoms with Crippen LogP contribution in [0.4, 0.5) is 0 Å². The van der Waals surface area contributed by atoms with Gasteiger partial charge < -0.3 is 5.32 Å². The smallest absolute Gasteiger partial charge is 0.0104 e. The molecule has 2 heteroatoms. The fourth-order valence-electron chi connectivity index (χ4n) is 3.93. The summed E-state index contributed by atoms with van der Waals surface area (Å²) in [5, 5.41) is 3.60. The van der Waals surface area contributed by atoms with Gasteiger partial charge >= 0.3 is 0 Å². The van der Waals surface area contributed by atoms with Gasteiger partial charge in [0.05, 0.1) is 0 Å². The molecule has 0 saturated heterocycles. The summed E-state index contributed by atoms with van der Waals surface area (Å²) in [7, 11) is 2.16. The van der Waals surface area contributed by atoms with Crippen LogP contribution in [-0.4, -0.2) is 37.1 Å². The number of nitrogens with one attached hydrogen (secondary N) is 1. The zero-order valence-electron chi connectivity index (χ0n) is 14.6. The van der Waals surface area contributed by atoms with Crippen LogP contribution in [0, 0.1) is 11.8 Å². The van der Waals surface area contributed by atoms with Gasteiger partial charge in [-0.2, -0.15) is 0 Å². The first-order valence-corrected chi connectivity index (χ1v) is 9.03. The van der Waals surface area contributed by atoms with Crippen molar-refractivity contribution in [1.82, 2.24) is 10.2 Å². The summed E-state index contributed by atoms with van der Waals surface area (Å²) in [6.07, 6.45) is 9.66. The molecule has 1 fully saturated rings. The lowest BCUT2D eigenvalue weighted by molar-refractivity contribution is 0.124. The van der Waals surface area contributed by atoms with E-state index in [0.29, 0.717) is 0 Å². The lowest BCUT2D eigenvalue weighted by Crippen LogP contribution is -2.45. The predicted molar refractivity (Wildman–Crippen MR) is 90.2 cm³/mol. The summed E-state index contributed by atoms with van der Waals surface area (Å²) >= 11 is 0. The molecule has 120 valence electrons. The van der Waals surface area contributed by atoms with Gasteiger partial charge in [-0.05, 0) is 44.6 Å². The minimum absolute atomic E-state index is 0.738. The van der Waals surface area contributed by atoms with Crippen LogP contribution in [0.2, 0.25) is 0 Å². The van der Waals surface area contributed by atoms with E-state index in [1.54, 1.807) is 0 Å². The van der Waals surface area contributed by atoms with Gasteiger partial charge in [0, 0.05) is 25.2 Å². The topological polar surface area (TPSA) is 15.3 Å². The first-order chi connectivity index (χ1) is 9.62. The maximum Gasteiger partial charge on any atom is 0.0104 e. The normalized spacial score (nSPS) is 24.6. The molecule has 1 N–H and O–H groups in total. The lowest BCUT2D eigenvalue weighted by Gasteiger charge is -2.37. The van der Waals surface area contributed by atoms with E-state index in [9.17, 15) is 0 Å². The Kier molecular flexibility index (Phi) is 8.79. The maximum atomic E-state index is 3.60. The monoisotopic (exact) mass is 282 g/mol. The second-order valence-electron chi connectivity index (χ2n) is 7.11. The van der Waals surface area contributed by atoms with Crippen molar-refractivity contribution in [2.24, 2.45) is 11.8 Å². The van der Waals surface area contributed by atoms with Gasteiger partial charge in [-0.15, -0.1) is 0 Å². The Labute approximate surface area is 127 Å². The van der Waals surface area contributed by atoms with Crippen molar-refractivity contribution in [2.45, 2.75) is 84.7 Å². The van der Waals surface area contributed by atoms with Crippen molar-refractivity contribution >= 4 is 0 Å². The average Bonchev–Trinajstić information content (AvgIpc) is 2.64. The van der Waals surface area contributed by atoms with Gasteiger partial charge in [-0.1, -0.05) is 47.0 Å². The van der Waals surface area contributed by atoms with E-state index in [2.05, 4.69) is 45.0 Å². The zero-order valence-corrected chi connectivity index (χ0v) is 14.6. The minimum Gasteiger partial charge on any atom is -0.317 e. The van der Waals surface area contributed by atoms with E-state index in [1.165, 1.54) is 58.0 Å². The number of hydrogen-bond donors (Lipinski definition) is 1. The summed E-state index contributed by atoms with van der Waals surface area (Å²) in [6, 6.07) is 1.51.